The van der Waals surface area contributed by atoms with Crippen molar-refractivity contribution in [3.05, 3.63) is 34.9 Å². The summed E-state index contributed by atoms with van der Waals surface area (Å²) in [5.74, 6) is 0.964. The van der Waals surface area contributed by atoms with Gasteiger partial charge in [0.1, 0.15) is 5.75 Å². The van der Waals surface area contributed by atoms with E-state index in [1.165, 1.54) is 16.7 Å². The molecule has 0 N–H and O–H groups in total. The van der Waals surface area contributed by atoms with Gasteiger partial charge in [0.2, 0.25) is 0 Å². The Morgan fingerprint density at radius 3 is 2.57 bits per heavy atom. The molecule has 1 heteroatoms. The molecule has 0 atom stereocenters. The summed E-state index contributed by atoms with van der Waals surface area (Å²) in [5.41, 5.74) is 3.80. The van der Waals surface area contributed by atoms with Gasteiger partial charge in [-0.3, -0.25) is 0 Å². The molecule has 1 aromatic rings. The molecule has 0 heterocycles. The van der Waals surface area contributed by atoms with Crippen LogP contribution in [0.1, 0.15) is 30.0 Å². The minimum Gasteiger partial charge on any atom is -0.496 e. The first-order chi connectivity index (χ1) is 6.70. The van der Waals surface area contributed by atoms with Gasteiger partial charge in [0.15, 0.2) is 0 Å². The fourth-order valence-electron chi connectivity index (χ4n) is 1.56. The predicted octanol–water partition coefficient (Wildman–Crippen LogP) is 3.74. The van der Waals surface area contributed by atoms with E-state index in [9.17, 15) is 0 Å². The van der Waals surface area contributed by atoms with Crippen LogP contribution in [0.2, 0.25) is 0 Å². The van der Waals surface area contributed by atoms with Crippen LogP contribution >= 0.6 is 0 Å². The molecule has 0 spiro atoms. The standard InChI is InChI=1S/C13H18O/c1-5-6-7-12-10(2)8-9-13(14-4)11(12)3/h6-9H,5H2,1-4H3/b7-6-. The highest BCUT2D eigenvalue weighted by molar-refractivity contribution is 5.61. The van der Waals surface area contributed by atoms with Crippen LogP contribution in [0, 0.1) is 13.8 Å². The van der Waals surface area contributed by atoms with Crippen LogP contribution in [0.3, 0.4) is 0 Å². The van der Waals surface area contributed by atoms with E-state index in [1.54, 1.807) is 7.11 Å². The maximum atomic E-state index is 5.29. The topological polar surface area (TPSA) is 9.23 Å². The van der Waals surface area contributed by atoms with Crippen LogP contribution in [0.25, 0.3) is 6.08 Å². The second kappa shape index (κ2) is 4.85. The van der Waals surface area contributed by atoms with Gasteiger partial charge < -0.3 is 4.74 Å². The second-order valence-corrected chi connectivity index (χ2v) is 3.43. The normalized spacial score (nSPS) is 10.9. The number of aryl methyl sites for hydroxylation is 1. The molecule has 0 amide bonds. The average Bonchev–Trinajstić information content (AvgIpc) is 2.18. The number of allylic oxidation sites excluding steroid dienone is 1. The monoisotopic (exact) mass is 190 g/mol. The fourth-order valence-corrected chi connectivity index (χ4v) is 1.56. The third-order valence-electron chi connectivity index (χ3n) is 2.42. The molecule has 1 rings (SSSR count). The van der Waals surface area contributed by atoms with Crippen molar-refractivity contribution in [2.75, 3.05) is 7.11 Å². The van der Waals surface area contributed by atoms with Crippen LogP contribution in [0.15, 0.2) is 18.2 Å². The highest BCUT2D eigenvalue weighted by Crippen LogP contribution is 2.25. The first-order valence-corrected chi connectivity index (χ1v) is 5.01. The Labute approximate surface area is 86.4 Å². The third-order valence-corrected chi connectivity index (χ3v) is 2.42. The zero-order chi connectivity index (χ0) is 10.6. The molecule has 1 nitrogen and oxygen atoms in total. The number of rotatable bonds is 3. The number of ether oxygens (including phenoxy) is 1. The summed E-state index contributed by atoms with van der Waals surface area (Å²) < 4.78 is 5.29. The van der Waals surface area contributed by atoms with Gasteiger partial charge in [-0.25, -0.2) is 0 Å². The van der Waals surface area contributed by atoms with Crippen LogP contribution in [-0.2, 0) is 0 Å². The number of methoxy groups -OCH3 is 1. The molecular weight excluding hydrogens is 172 g/mol. The molecule has 1 aromatic carbocycles. The predicted molar refractivity (Wildman–Crippen MR) is 61.8 cm³/mol. The second-order valence-electron chi connectivity index (χ2n) is 3.43. The lowest BCUT2D eigenvalue weighted by Gasteiger charge is -2.10. The maximum absolute atomic E-state index is 5.29. The maximum Gasteiger partial charge on any atom is 0.122 e. The quantitative estimate of drug-likeness (QED) is 0.705. The molecule has 76 valence electrons. The molecule has 0 bridgehead atoms. The Morgan fingerprint density at radius 1 is 1.29 bits per heavy atom. The molecule has 0 aromatic heterocycles. The van der Waals surface area contributed by atoms with Crippen LogP contribution < -0.4 is 4.74 Å². The van der Waals surface area contributed by atoms with Crippen molar-refractivity contribution in [3.8, 4) is 5.75 Å². The highest BCUT2D eigenvalue weighted by atomic mass is 16.5. The lowest BCUT2D eigenvalue weighted by molar-refractivity contribution is 0.411. The molecular formula is C13H18O. The summed E-state index contributed by atoms with van der Waals surface area (Å²) in [6.45, 7) is 6.37. The van der Waals surface area contributed by atoms with Crippen molar-refractivity contribution < 1.29 is 4.74 Å². The van der Waals surface area contributed by atoms with Crippen molar-refractivity contribution in [2.24, 2.45) is 0 Å². The van der Waals surface area contributed by atoms with Crippen LogP contribution in [0.5, 0.6) is 5.75 Å². The van der Waals surface area contributed by atoms with Crippen LogP contribution in [-0.4, -0.2) is 7.11 Å². The first kappa shape index (κ1) is 10.8. The number of hydrogen-bond donors (Lipinski definition) is 0. The summed E-state index contributed by atoms with van der Waals surface area (Å²) >= 11 is 0. The van der Waals surface area contributed by atoms with E-state index in [0.29, 0.717) is 0 Å². The van der Waals surface area contributed by atoms with Gasteiger partial charge in [0, 0.05) is 0 Å². The third kappa shape index (κ3) is 2.16. The van der Waals surface area contributed by atoms with E-state index < -0.39 is 0 Å². The molecule has 0 saturated heterocycles. The molecule has 0 saturated carbocycles. The van der Waals surface area contributed by atoms with Crippen molar-refractivity contribution in [1.82, 2.24) is 0 Å². The molecule has 0 aliphatic carbocycles. The Morgan fingerprint density at radius 2 is 2.00 bits per heavy atom. The SMILES string of the molecule is CC/C=C\c1c(C)ccc(OC)c1C. The zero-order valence-corrected chi connectivity index (χ0v) is 9.42. The molecule has 0 aliphatic rings. The van der Waals surface area contributed by atoms with Gasteiger partial charge in [-0.05, 0) is 43.0 Å². The Kier molecular flexibility index (Phi) is 3.75. The van der Waals surface area contributed by atoms with Gasteiger partial charge in [-0.15, -0.1) is 0 Å². The van der Waals surface area contributed by atoms with Gasteiger partial charge in [-0.1, -0.05) is 25.1 Å². The molecule has 0 unspecified atom stereocenters. The van der Waals surface area contributed by atoms with E-state index in [0.717, 1.165) is 12.2 Å². The zero-order valence-electron chi connectivity index (χ0n) is 9.42. The Balaban J connectivity index is 3.18. The number of hydrogen-bond acceptors (Lipinski definition) is 1. The van der Waals surface area contributed by atoms with Gasteiger partial charge in [-0.2, -0.15) is 0 Å². The van der Waals surface area contributed by atoms with Crippen molar-refractivity contribution in [2.45, 2.75) is 27.2 Å². The van der Waals surface area contributed by atoms with E-state index in [1.807, 2.05) is 6.07 Å². The van der Waals surface area contributed by atoms with Crippen molar-refractivity contribution >= 4 is 6.08 Å². The van der Waals surface area contributed by atoms with Crippen molar-refractivity contribution in [1.29, 1.82) is 0 Å². The summed E-state index contributed by atoms with van der Waals surface area (Å²) in [7, 11) is 1.71. The Bertz CT molecular complexity index is 337. The average molecular weight is 190 g/mol. The van der Waals surface area contributed by atoms with E-state index in [4.69, 9.17) is 4.74 Å². The molecule has 0 aliphatic heterocycles. The molecule has 14 heavy (non-hydrogen) atoms. The largest absolute Gasteiger partial charge is 0.496 e. The van der Waals surface area contributed by atoms with Gasteiger partial charge in [0.25, 0.3) is 0 Å². The highest BCUT2D eigenvalue weighted by Gasteiger charge is 2.04. The lowest BCUT2D eigenvalue weighted by Crippen LogP contribution is -1.92. The molecule has 0 radical (unpaired) electrons. The van der Waals surface area contributed by atoms with Crippen molar-refractivity contribution in [3.63, 3.8) is 0 Å². The van der Waals surface area contributed by atoms with E-state index in [-0.39, 0.29) is 0 Å². The minimum atomic E-state index is 0.964. The van der Waals surface area contributed by atoms with Gasteiger partial charge >= 0.3 is 0 Å². The molecule has 0 fully saturated rings. The van der Waals surface area contributed by atoms with Crippen LogP contribution in [0.4, 0.5) is 0 Å². The smallest absolute Gasteiger partial charge is 0.122 e. The summed E-state index contributed by atoms with van der Waals surface area (Å²) in [5, 5.41) is 0. The summed E-state index contributed by atoms with van der Waals surface area (Å²) in [6.07, 6.45) is 5.41. The minimum absolute atomic E-state index is 0.964. The fraction of sp³-hybridized carbons (Fsp3) is 0.385. The van der Waals surface area contributed by atoms with Gasteiger partial charge in [0.05, 0.1) is 7.11 Å². The number of benzene rings is 1. The van der Waals surface area contributed by atoms with E-state index in [2.05, 4.69) is 39.0 Å². The Hall–Kier alpha value is -1.24. The van der Waals surface area contributed by atoms with E-state index >= 15 is 0 Å². The lowest BCUT2D eigenvalue weighted by atomic mass is 10.0. The summed E-state index contributed by atoms with van der Waals surface area (Å²) in [4.78, 5) is 0. The first-order valence-electron chi connectivity index (χ1n) is 5.01. The summed E-state index contributed by atoms with van der Waals surface area (Å²) in [6, 6.07) is 4.12.